The number of hydrogen-bond donors (Lipinski definition) is 4. The maximum absolute atomic E-state index is 5.69. The van der Waals surface area contributed by atoms with Gasteiger partial charge in [0.25, 0.3) is 0 Å². The molecule has 1 aromatic heterocycles. The zero-order chi connectivity index (χ0) is 20.6. The number of nitrogens with zero attached hydrogens (tertiary/aromatic N) is 3. The van der Waals surface area contributed by atoms with Gasteiger partial charge < -0.3 is 20.1 Å². The van der Waals surface area contributed by atoms with Gasteiger partial charge in [-0.15, -0.1) is 0 Å². The molecule has 2 fully saturated rings. The second-order valence-corrected chi connectivity index (χ2v) is 7.57. The Hall–Kier alpha value is -2.30. The summed E-state index contributed by atoms with van der Waals surface area (Å²) in [7, 11) is 1.73. The highest BCUT2D eigenvalue weighted by molar-refractivity contribution is 5.41. The van der Waals surface area contributed by atoms with Gasteiger partial charge in [0.2, 0.25) is 0 Å². The molecule has 4 rings (SSSR count). The van der Waals surface area contributed by atoms with Gasteiger partial charge in [-0.1, -0.05) is 12.1 Å². The minimum Gasteiger partial charge on any atom is -0.496 e. The van der Waals surface area contributed by atoms with Crippen LogP contribution in [-0.2, 0) is 11.3 Å². The van der Waals surface area contributed by atoms with Crippen molar-refractivity contribution in [2.75, 3.05) is 51.8 Å². The van der Waals surface area contributed by atoms with E-state index in [2.05, 4.69) is 54.6 Å². The second kappa shape index (κ2) is 10.6. The number of aromatic nitrogens is 2. The Morgan fingerprint density at radius 2 is 2.13 bits per heavy atom. The summed E-state index contributed by atoms with van der Waals surface area (Å²) in [5, 5.41) is 6.88. The predicted molar refractivity (Wildman–Crippen MR) is 115 cm³/mol. The van der Waals surface area contributed by atoms with Gasteiger partial charge in [-0.25, -0.2) is 15.8 Å². The van der Waals surface area contributed by atoms with Crippen molar-refractivity contribution in [3.05, 3.63) is 47.9 Å². The highest BCUT2D eigenvalue weighted by atomic mass is 16.5. The van der Waals surface area contributed by atoms with Crippen LogP contribution in [0.2, 0.25) is 0 Å². The fourth-order valence-electron chi connectivity index (χ4n) is 3.85. The monoisotopic (exact) mass is 413 g/mol. The van der Waals surface area contributed by atoms with Crippen molar-refractivity contribution in [3.8, 4) is 5.75 Å². The first-order valence-electron chi connectivity index (χ1n) is 10.5. The number of benzene rings is 1. The normalized spacial score (nSPS) is 22.2. The summed E-state index contributed by atoms with van der Waals surface area (Å²) in [4.78, 5) is 10.8. The van der Waals surface area contributed by atoms with Crippen LogP contribution in [-0.4, -0.2) is 67.5 Å². The third kappa shape index (κ3) is 5.65. The van der Waals surface area contributed by atoms with Gasteiger partial charge in [0.1, 0.15) is 11.6 Å². The lowest BCUT2D eigenvalue weighted by Crippen LogP contribution is -2.40. The van der Waals surface area contributed by atoms with Crippen LogP contribution >= 0.6 is 0 Å². The molecule has 1 aromatic carbocycles. The summed E-state index contributed by atoms with van der Waals surface area (Å²) in [6.07, 6.45) is 6.00. The van der Waals surface area contributed by atoms with Gasteiger partial charge in [-0.05, 0) is 11.6 Å². The Morgan fingerprint density at radius 3 is 2.93 bits per heavy atom. The third-order valence-electron chi connectivity index (χ3n) is 5.50. The molecule has 2 aliphatic rings. The lowest BCUT2D eigenvalue weighted by Gasteiger charge is -2.26. The number of hydrogen-bond acceptors (Lipinski definition) is 9. The summed E-state index contributed by atoms with van der Waals surface area (Å²) >= 11 is 0. The van der Waals surface area contributed by atoms with Crippen LogP contribution < -0.4 is 26.2 Å². The Bertz CT molecular complexity index is 786. The molecule has 0 spiro atoms. The minimum atomic E-state index is 0.0675. The molecule has 9 heteroatoms. The van der Waals surface area contributed by atoms with E-state index < -0.39 is 0 Å². The molecule has 2 atom stereocenters. The number of nitrogens with one attached hydrogen (secondary N) is 4. The topological polar surface area (TPSA) is 95.6 Å². The number of morpholine rings is 1. The van der Waals surface area contributed by atoms with E-state index in [1.165, 1.54) is 5.56 Å². The third-order valence-corrected chi connectivity index (χ3v) is 5.50. The Labute approximate surface area is 177 Å². The van der Waals surface area contributed by atoms with Crippen LogP contribution in [0.4, 0.5) is 5.82 Å². The summed E-state index contributed by atoms with van der Waals surface area (Å²) in [6.45, 7) is 6.59. The maximum Gasteiger partial charge on any atom is 0.145 e. The first-order valence-corrected chi connectivity index (χ1v) is 10.5. The van der Waals surface area contributed by atoms with Gasteiger partial charge in [0.05, 0.1) is 38.7 Å². The van der Waals surface area contributed by atoms with Crippen LogP contribution in [0.3, 0.4) is 0 Å². The van der Waals surface area contributed by atoms with Crippen LogP contribution in [0.15, 0.2) is 36.8 Å². The zero-order valence-corrected chi connectivity index (χ0v) is 17.4. The Kier molecular flexibility index (Phi) is 7.44. The summed E-state index contributed by atoms with van der Waals surface area (Å²) in [6, 6.07) is 6.60. The zero-order valence-electron chi connectivity index (χ0n) is 17.4. The molecule has 0 saturated carbocycles. The van der Waals surface area contributed by atoms with Gasteiger partial charge in [-0.2, -0.15) is 0 Å². The van der Waals surface area contributed by atoms with Crippen molar-refractivity contribution < 1.29 is 9.47 Å². The summed E-state index contributed by atoms with van der Waals surface area (Å²) in [5.74, 6) is 1.66. The molecule has 30 heavy (non-hydrogen) atoms. The molecule has 2 saturated heterocycles. The molecule has 2 aromatic rings. The first kappa shape index (κ1) is 21.0. The van der Waals surface area contributed by atoms with E-state index in [4.69, 9.17) is 9.47 Å². The van der Waals surface area contributed by atoms with Gasteiger partial charge in [0, 0.05) is 57.1 Å². The van der Waals surface area contributed by atoms with Crippen LogP contribution in [0, 0.1) is 0 Å². The minimum absolute atomic E-state index is 0.0675. The molecule has 0 amide bonds. The molecular weight excluding hydrogens is 382 g/mol. The van der Waals surface area contributed by atoms with E-state index in [-0.39, 0.29) is 12.2 Å². The van der Waals surface area contributed by atoms with Gasteiger partial charge in [-0.3, -0.25) is 9.88 Å². The molecule has 0 radical (unpaired) electrons. The summed E-state index contributed by atoms with van der Waals surface area (Å²) < 4.78 is 11.1. The lowest BCUT2D eigenvalue weighted by atomic mass is 10.0. The number of hydrazine groups is 1. The number of methoxy groups -OCH3 is 1. The largest absolute Gasteiger partial charge is 0.496 e. The molecule has 4 N–H and O–H groups in total. The molecule has 3 heterocycles. The maximum atomic E-state index is 5.69. The molecule has 9 nitrogen and oxygen atoms in total. The average molecular weight is 414 g/mol. The van der Waals surface area contributed by atoms with Crippen LogP contribution in [0.25, 0.3) is 0 Å². The molecule has 2 unspecified atom stereocenters. The van der Waals surface area contributed by atoms with E-state index in [1.807, 2.05) is 0 Å². The van der Waals surface area contributed by atoms with Crippen LogP contribution in [0.1, 0.15) is 23.6 Å². The van der Waals surface area contributed by atoms with Crippen molar-refractivity contribution in [1.82, 2.24) is 31.0 Å². The average Bonchev–Trinajstić information content (AvgIpc) is 3.26. The highest BCUT2D eigenvalue weighted by Gasteiger charge is 2.27. The van der Waals surface area contributed by atoms with E-state index in [1.54, 1.807) is 25.7 Å². The highest BCUT2D eigenvalue weighted by Crippen LogP contribution is 2.31. The fourth-order valence-corrected chi connectivity index (χ4v) is 3.85. The fraction of sp³-hybridized carbons (Fsp3) is 0.524. The van der Waals surface area contributed by atoms with Crippen molar-refractivity contribution in [3.63, 3.8) is 0 Å². The Balaban J connectivity index is 1.28. The van der Waals surface area contributed by atoms with Gasteiger partial charge in [0.15, 0.2) is 0 Å². The SMILES string of the molecule is COc1cc(CNCCN2CCOCC2)ccc1C1CC(Nc2cnccn2)NN1. The van der Waals surface area contributed by atoms with Crippen molar-refractivity contribution in [1.29, 1.82) is 0 Å². The van der Waals surface area contributed by atoms with Crippen LogP contribution in [0.5, 0.6) is 5.75 Å². The second-order valence-electron chi connectivity index (χ2n) is 7.57. The van der Waals surface area contributed by atoms with Crippen molar-refractivity contribution in [2.24, 2.45) is 0 Å². The smallest absolute Gasteiger partial charge is 0.145 e. The predicted octanol–water partition coefficient (Wildman–Crippen LogP) is 0.884. The first-order chi connectivity index (χ1) is 14.8. The molecule has 0 bridgehead atoms. The summed E-state index contributed by atoms with van der Waals surface area (Å²) in [5.41, 5.74) is 9.00. The van der Waals surface area contributed by atoms with E-state index in [0.29, 0.717) is 0 Å². The molecular formula is C21H31N7O2. The molecule has 162 valence electrons. The van der Waals surface area contributed by atoms with Crippen molar-refractivity contribution in [2.45, 2.75) is 25.2 Å². The lowest BCUT2D eigenvalue weighted by molar-refractivity contribution is 0.0384. The number of ether oxygens (including phenoxy) is 2. The molecule has 0 aliphatic carbocycles. The van der Waals surface area contributed by atoms with E-state index in [0.717, 1.165) is 69.5 Å². The number of rotatable bonds is 9. The standard InChI is InChI=1S/C21H31N7O2/c1-29-19-12-16(14-23-6-7-28-8-10-30-11-9-28)2-3-17(19)18-13-20(27-26-18)25-21-15-22-4-5-24-21/h2-5,12,15,18,20,23,26-27H,6-11,13-14H2,1H3,(H,24,25). The quantitative estimate of drug-likeness (QED) is 0.447. The Morgan fingerprint density at radius 1 is 1.23 bits per heavy atom. The molecule has 2 aliphatic heterocycles. The van der Waals surface area contributed by atoms with E-state index >= 15 is 0 Å². The van der Waals surface area contributed by atoms with E-state index in [9.17, 15) is 0 Å². The number of anilines is 1. The van der Waals surface area contributed by atoms with Crippen molar-refractivity contribution >= 4 is 5.82 Å². The van der Waals surface area contributed by atoms with Gasteiger partial charge >= 0.3 is 0 Å².